The molecule has 0 heterocycles. The summed E-state index contributed by atoms with van der Waals surface area (Å²) in [6.45, 7) is -0.729. The van der Waals surface area contributed by atoms with E-state index in [1.54, 1.807) is 12.1 Å². The van der Waals surface area contributed by atoms with Crippen molar-refractivity contribution in [3.63, 3.8) is 0 Å². The van der Waals surface area contributed by atoms with Crippen molar-refractivity contribution >= 4 is 0 Å². The van der Waals surface area contributed by atoms with Gasteiger partial charge in [-0.3, -0.25) is 0 Å². The van der Waals surface area contributed by atoms with Gasteiger partial charge in [0, 0.05) is 5.56 Å². The molecule has 0 aliphatic heterocycles. The topological polar surface area (TPSA) is 20.2 Å². The van der Waals surface area contributed by atoms with Crippen LogP contribution < -0.4 is 0 Å². The number of aromatic hydroxyl groups is 1. The highest BCUT2D eigenvalue weighted by molar-refractivity contribution is 5.21. The molecule has 0 saturated heterocycles. The quantitative estimate of drug-likeness (QED) is 0.803. The molecule has 0 spiro atoms. The molecule has 0 amide bonds. The lowest BCUT2D eigenvalue weighted by Crippen LogP contribution is -1.82. The summed E-state index contributed by atoms with van der Waals surface area (Å²) in [7, 11) is 0. The molecule has 0 saturated carbocycles. The number of hydrogen-bond donors (Lipinski definition) is 1. The Morgan fingerprint density at radius 3 is 1.71 bits per heavy atom. The van der Waals surface area contributed by atoms with Gasteiger partial charge in [-0.05, 0) is 18.2 Å². The summed E-state index contributed by atoms with van der Waals surface area (Å²) in [6.07, 6.45) is 0. The summed E-state index contributed by atoms with van der Waals surface area (Å²) < 4.78 is 36.2. The van der Waals surface area contributed by atoms with Crippen molar-refractivity contribution in [2.45, 2.75) is 6.67 Å². The molecule has 0 unspecified atom stereocenters. The Labute approximate surface area is 97.2 Å². The van der Waals surface area contributed by atoms with E-state index < -0.39 is 18.3 Å². The van der Waals surface area contributed by atoms with Crippen LogP contribution in [0.5, 0.6) is 5.75 Å². The summed E-state index contributed by atoms with van der Waals surface area (Å²) in [4.78, 5) is 0. The Morgan fingerprint density at radius 2 is 1.35 bits per heavy atom. The van der Waals surface area contributed by atoms with Crippen LogP contribution >= 0.6 is 0 Å². The van der Waals surface area contributed by atoms with Crippen LogP contribution in [0, 0.1) is 11.6 Å². The van der Waals surface area contributed by atoms with Crippen LogP contribution in [0.4, 0.5) is 13.2 Å². The van der Waals surface area contributed by atoms with E-state index in [0.717, 1.165) is 0 Å². The normalized spacial score (nSPS) is 9.35. The second kappa shape index (κ2) is 6.58. The summed E-state index contributed by atoms with van der Waals surface area (Å²) in [5.41, 5.74) is 0.123. The van der Waals surface area contributed by atoms with Gasteiger partial charge < -0.3 is 5.11 Å². The number of hydrogen-bond acceptors (Lipinski definition) is 1. The van der Waals surface area contributed by atoms with Crippen molar-refractivity contribution in [3.05, 3.63) is 65.7 Å². The molecule has 1 nitrogen and oxygen atoms in total. The first-order valence-electron chi connectivity index (χ1n) is 4.88. The maximum absolute atomic E-state index is 12.3. The van der Waals surface area contributed by atoms with Crippen molar-refractivity contribution in [2.24, 2.45) is 0 Å². The second-order valence-electron chi connectivity index (χ2n) is 3.18. The maximum Gasteiger partial charge on any atom is 0.164 e. The van der Waals surface area contributed by atoms with Gasteiger partial charge in [-0.15, -0.1) is 0 Å². The number of para-hydroxylation sites is 1. The summed E-state index contributed by atoms with van der Waals surface area (Å²) in [5, 5.41) is 8.54. The molecule has 0 bridgehead atoms. The van der Waals surface area contributed by atoms with Crippen LogP contribution in [0.25, 0.3) is 0 Å². The van der Waals surface area contributed by atoms with Gasteiger partial charge in [0.05, 0.1) is 0 Å². The molecule has 0 aliphatic rings. The Balaban J connectivity index is 0.000000171. The smallest absolute Gasteiger partial charge is 0.164 e. The lowest BCUT2D eigenvalue weighted by Gasteiger charge is -1.92. The first kappa shape index (κ1) is 13.1. The van der Waals surface area contributed by atoms with Crippen LogP contribution in [-0.4, -0.2) is 5.11 Å². The van der Waals surface area contributed by atoms with E-state index in [9.17, 15) is 13.2 Å². The standard InChI is InChI=1S/C7H6F2.C6H5FO/c8-5-6-3-1-2-4-7(6)9;7-5-3-1-2-4-6(5)8/h1-4H,5H2;1-4,8H. The average Bonchev–Trinajstić information content (AvgIpc) is 2.34. The van der Waals surface area contributed by atoms with Crippen molar-refractivity contribution in [1.29, 1.82) is 0 Å². The molecular formula is C13H11F3O. The molecule has 0 atom stereocenters. The summed E-state index contributed by atoms with van der Waals surface area (Å²) >= 11 is 0. The highest BCUT2D eigenvalue weighted by atomic mass is 19.1. The maximum atomic E-state index is 12.3. The monoisotopic (exact) mass is 240 g/mol. The summed E-state index contributed by atoms with van der Waals surface area (Å²) in [5.74, 6) is -1.35. The summed E-state index contributed by atoms with van der Waals surface area (Å²) in [6, 6.07) is 11.4. The lowest BCUT2D eigenvalue weighted by molar-refractivity contribution is 0.432. The Kier molecular flexibility index (Phi) is 5.07. The zero-order chi connectivity index (χ0) is 12.7. The SMILES string of the molecule is FCc1ccccc1F.Oc1ccccc1F. The second-order valence-corrected chi connectivity index (χ2v) is 3.18. The minimum Gasteiger partial charge on any atom is -0.505 e. The minimum absolute atomic E-state index is 0.123. The van der Waals surface area contributed by atoms with Gasteiger partial charge >= 0.3 is 0 Å². The molecule has 17 heavy (non-hydrogen) atoms. The van der Waals surface area contributed by atoms with Crippen molar-refractivity contribution in [2.75, 3.05) is 0 Å². The van der Waals surface area contributed by atoms with Gasteiger partial charge in [-0.2, -0.15) is 0 Å². The molecule has 4 heteroatoms. The third-order valence-electron chi connectivity index (χ3n) is 1.95. The van der Waals surface area contributed by atoms with Crippen LogP contribution in [0.3, 0.4) is 0 Å². The average molecular weight is 240 g/mol. The number of benzene rings is 2. The molecule has 1 N–H and O–H groups in total. The Hall–Kier alpha value is -1.97. The first-order valence-corrected chi connectivity index (χ1v) is 4.88. The minimum atomic E-state index is -0.729. The van der Waals surface area contributed by atoms with Gasteiger partial charge in [0.2, 0.25) is 0 Å². The van der Waals surface area contributed by atoms with Crippen LogP contribution in [0.15, 0.2) is 48.5 Å². The first-order chi connectivity index (χ1) is 8.15. The third kappa shape index (κ3) is 4.18. The van der Waals surface area contributed by atoms with Crippen LogP contribution in [-0.2, 0) is 6.67 Å². The molecule has 0 aromatic heterocycles. The van der Waals surface area contributed by atoms with Crippen molar-refractivity contribution in [3.8, 4) is 5.75 Å². The molecular weight excluding hydrogens is 229 g/mol. The Morgan fingerprint density at radius 1 is 0.824 bits per heavy atom. The Bertz CT molecular complexity index is 451. The number of phenols is 1. The predicted molar refractivity (Wildman–Crippen MR) is 59.3 cm³/mol. The van der Waals surface area contributed by atoms with Crippen LogP contribution in [0.1, 0.15) is 5.56 Å². The van der Waals surface area contributed by atoms with E-state index >= 15 is 0 Å². The van der Waals surface area contributed by atoms with Gasteiger partial charge in [-0.25, -0.2) is 13.2 Å². The fraction of sp³-hybridized carbons (Fsp3) is 0.0769. The fourth-order valence-electron chi connectivity index (χ4n) is 1.06. The third-order valence-corrected chi connectivity index (χ3v) is 1.95. The van der Waals surface area contributed by atoms with E-state index in [0.29, 0.717) is 0 Å². The molecule has 2 rings (SSSR count). The van der Waals surface area contributed by atoms with Crippen LogP contribution in [0.2, 0.25) is 0 Å². The van der Waals surface area contributed by atoms with E-state index in [2.05, 4.69) is 0 Å². The predicted octanol–water partition coefficient (Wildman–Crippen LogP) is 3.83. The van der Waals surface area contributed by atoms with Gasteiger partial charge in [-0.1, -0.05) is 30.3 Å². The van der Waals surface area contributed by atoms with E-state index in [4.69, 9.17) is 5.11 Å². The highest BCUT2D eigenvalue weighted by Gasteiger charge is 1.96. The highest BCUT2D eigenvalue weighted by Crippen LogP contribution is 2.11. The lowest BCUT2D eigenvalue weighted by atomic mass is 10.2. The molecule has 2 aromatic carbocycles. The number of rotatable bonds is 1. The van der Waals surface area contributed by atoms with Gasteiger partial charge in [0.1, 0.15) is 12.5 Å². The van der Waals surface area contributed by atoms with Gasteiger partial charge in [0.25, 0.3) is 0 Å². The van der Waals surface area contributed by atoms with Crippen molar-refractivity contribution < 1.29 is 18.3 Å². The molecule has 90 valence electrons. The van der Waals surface area contributed by atoms with Crippen molar-refractivity contribution in [1.82, 2.24) is 0 Å². The zero-order valence-electron chi connectivity index (χ0n) is 8.91. The number of halogens is 3. The number of phenolic OH excluding ortho intramolecular Hbond substituents is 1. The number of alkyl halides is 1. The molecule has 2 aromatic rings. The zero-order valence-corrected chi connectivity index (χ0v) is 8.91. The van der Waals surface area contributed by atoms with E-state index in [1.807, 2.05) is 0 Å². The van der Waals surface area contributed by atoms with E-state index in [-0.39, 0.29) is 11.3 Å². The van der Waals surface area contributed by atoms with E-state index in [1.165, 1.54) is 36.4 Å². The fourth-order valence-corrected chi connectivity index (χ4v) is 1.06. The molecule has 0 aliphatic carbocycles. The molecule has 0 radical (unpaired) electrons. The molecule has 0 fully saturated rings. The van der Waals surface area contributed by atoms with Gasteiger partial charge in [0.15, 0.2) is 11.6 Å². The largest absolute Gasteiger partial charge is 0.505 e.